The molecule has 0 atom stereocenters. The second kappa shape index (κ2) is 8.26. The van der Waals surface area contributed by atoms with Gasteiger partial charge in [0, 0.05) is 18.1 Å². The van der Waals surface area contributed by atoms with E-state index in [1.54, 1.807) is 0 Å². The van der Waals surface area contributed by atoms with E-state index in [4.69, 9.17) is 0 Å². The van der Waals surface area contributed by atoms with Crippen LogP contribution in [0.4, 0.5) is 0 Å². The largest absolute Gasteiger partial charge is 0.314 e. The maximum atomic E-state index is 3.70. The molecule has 0 aliphatic heterocycles. The summed E-state index contributed by atoms with van der Waals surface area (Å²) in [6, 6.07) is 2.55. The minimum Gasteiger partial charge on any atom is -0.314 e. The number of nitrogens with zero attached hydrogens (tertiary/aromatic N) is 1. The average Bonchev–Trinajstić information content (AvgIpc) is 2.74. The van der Waals surface area contributed by atoms with Gasteiger partial charge in [-0.3, -0.25) is 0 Å². The van der Waals surface area contributed by atoms with E-state index >= 15 is 0 Å². The van der Waals surface area contributed by atoms with Crippen LogP contribution in [0.5, 0.6) is 0 Å². The summed E-state index contributed by atoms with van der Waals surface area (Å²) in [7, 11) is 2.40. The lowest BCUT2D eigenvalue weighted by molar-refractivity contribution is 0.116. The van der Waals surface area contributed by atoms with Crippen LogP contribution in [-0.4, -0.2) is 36.6 Å². The third-order valence-electron chi connectivity index (χ3n) is 5.36. The highest BCUT2D eigenvalue weighted by Crippen LogP contribution is 2.28. The lowest BCUT2D eigenvalue weighted by Crippen LogP contribution is -2.45. The molecule has 0 heterocycles. The fraction of sp³-hybridized carbons (Fsp3) is 1.00. The molecule has 0 aromatic carbocycles. The van der Waals surface area contributed by atoms with E-state index in [1.807, 2.05) is 0 Å². The molecule has 0 aromatic heterocycles. The molecule has 0 spiro atoms. The van der Waals surface area contributed by atoms with Crippen molar-refractivity contribution in [2.45, 2.75) is 95.7 Å². The van der Waals surface area contributed by atoms with Crippen LogP contribution < -0.4 is 5.32 Å². The van der Waals surface area contributed by atoms with Crippen LogP contribution in [0.2, 0.25) is 0 Å². The molecule has 2 aliphatic carbocycles. The summed E-state index contributed by atoms with van der Waals surface area (Å²) in [5, 5.41) is 3.70. The molecule has 0 unspecified atom stereocenters. The fourth-order valence-electron chi connectivity index (χ4n) is 4.00. The van der Waals surface area contributed by atoms with Crippen LogP contribution in [0.25, 0.3) is 0 Å². The van der Waals surface area contributed by atoms with Gasteiger partial charge in [0.1, 0.15) is 0 Å². The Morgan fingerprint density at radius 3 is 2.00 bits per heavy atom. The van der Waals surface area contributed by atoms with Gasteiger partial charge in [-0.2, -0.15) is 0 Å². The van der Waals surface area contributed by atoms with Crippen molar-refractivity contribution in [2.75, 3.05) is 13.6 Å². The van der Waals surface area contributed by atoms with Crippen molar-refractivity contribution in [3.8, 4) is 0 Å². The first kappa shape index (κ1) is 15.3. The van der Waals surface area contributed by atoms with Gasteiger partial charge in [0.2, 0.25) is 0 Å². The molecule has 2 rings (SSSR count). The minimum atomic E-state index is 0.804. The van der Waals surface area contributed by atoms with E-state index in [-0.39, 0.29) is 0 Å². The molecule has 2 heteroatoms. The van der Waals surface area contributed by atoms with Crippen molar-refractivity contribution < 1.29 is 0 Å². The van der Waals surface area contributed by atoms with Crippen molar-refractivity contribution in [3.05, 3.63) is 0 Å². The quantitative estimate of drug-likeness (QED) is 0.758. The maximum Gasteiger partial charge on any atom is 0.00963 e. The first-order valence-electron chi connectivity index (χ1n) is 8.76. The highest BCUT2D eigenvalue weighted by atomic mass is 15.2. The molecular weight excluding hydrogens is 232 g/mol. The Hall–Kier alpha value is -0.0800. The van der Waals surface area contributed by atoms with E-state index in [0.717, 1.165) is 18.1 Å². The Bertz CT molecular complexity index is 225. The van der Waals surface area contributed by atoms with Gasteiger partial charge >= 0.3 is 0 Å². The smallest absolute Gasteiger partial charge is 0.00963 e. The summed E-state index contributed by atoms with van der Waals surface area (Å²) in [6.07, 6.45) is 15.6. The van der Waals surface area contributed by atoms with Gasteiger partial charge < -0.3 is 10.2 Å². The Morgan fingerprint density at radius 2 is 1.42 bits per heavy atom. The van der Waals surface area contributed by atoms with Crippen molar-refractivity contribution >= 4 is 0 Å². The summed E-state index contributed by atoms with van der Waals surface area (Å²) < 4.78 is 0. The summed E-state index contributed by atoms with van der Waals surface area (Å²) in [5.74, 6) is 0. The van der Waals surface area contributed by atoms with Gasteiger partial charge in [-0.05, 0) is 58.5 Å². The number of nitrogens with one attached hydrogen (secondary N) is 1. The van der Waals surface area contributed by atoms with Crippen molar-refractivity contribution in [3.63, 3.8) is 0 Å². The average molecular weight is 266 g/mol. The summed E-state index contributed by atoms with van der Waals surface area (Å²) >= 11 is 0. The van der Waals surface area contributed by atoms with Gasteiger partial charge in [-0.15, -0.1) is 0 Å². The number of hydrogen-bond acceptors (Lipinski definition) is 2. The minimum absolute atomic E-state index is 0.804. The lowest BCUT2D eigenvalue weighted by Gasteiger charge is -2.39. The Balaban J connectivity index is 1.73. The Kier molecular flexibility index (Phi) is 6.66. The molecule has 2 aliphatic rings. The molecule has 1 N–H and O–H groups in total. The molecular formula is C17H34N2. The summed E-state index contributed by atoms with van der Waals surface area (Å²) in [6.45, 7) is 3.46. The molecule has 19 heavy (non-hydrogen) atoms. The lowest BCUT2D eigenvalue weighted by atomic mass is 9.89. The van der Waals surface area contributed by atoms with Gasteiger partial charge in [0.25, 0.3) is 0 Å². The highest BCUT2D eigenvalue weighted by molar-refractivity contribution is 4.85. The molecule has 0 saturated heterocycles. The predicted molar refractivity (Wildman–Crippen MR) is 83.6 cm³/mol. The summed E-state index contributed by atoms with van der Waals surface area (Å²) in [4.78, 5) is 2.75. The molecule has 2 saturated carbocycles. The molecule has 0 bridgehead atoms. The SMILES string of the molecule is CCCNC1CCC(N(C)C2CCCCCC2)CC1. The Labute approximate surface area is 120 Å². The van der Waals surface area contributed by atoms with Gasteiger partial charge in [0.15, 0.2) is 0 Å². The third-order valence-corrected chi connectivity index (χ3v) is 5.36. The Morgan fingerprint density at radius 1 is 0.842 bits per heavy atom. The van der Waals surface area contributed by atoms with Gasteiger partial charge in [-0.25, -0.2) is 0 Å². The van der Waals surface area contributed by atoms with Crippen LogP contribution in [0.3, 0.4) is 0 Å². The van der Waals surface area contributed by atoms with Crippen molar-refractivity contribution in [2.24, 2.45) is 0 Å². The second-order valence-electron chi connectivity index (χ2n) is 6.77. The third kappa shape index (κ3) is 4.75. The van der Waals surface area contributed by atoms with Crippen LogP contribution in [-0.2, 0) is 0 Å². The molecule has 112 valence electrons. The number of rotatable bonds is 5. The van der Waals surface area contributed by atoms with Crippen LogP contribution >= 0.6 is 0 Å². The topological polar surface area (TPSA) is 15.3 Å². The van der Waals surface area contributed by atoms with Crippen LogP contribution in [0.15, 0.2) is 0 Å². The normalized spacial score (nSPS) is 30.5. The van der Waals surface area contributed by atoms with E-state index in [0.29, 0.717) is 0 Å². The van der Waals surface area contributed by atoms with Gasteiger partial charge in [-0.1, -0.05) is 32.6 Å². The second-order valence-corrected chi connectivity index (χ2v) is 6.77. The highest BCUT2D eigenvalue weighted by Gasteiger charge is 2.27. The molecule has 2 fully saturated rings. The van der Waals surface area contributed by atoms with E-state index in [1.165, 1.54) is 77.2 Å². The first-order chi connectivity index (χ1) is 9.31. The maximum absolute atomic E-state index is 3.70. The monoisotopic (exact) mass is 266 g/mol. The zero-order chi connectivity index (χ0) is 13.5. The zero-order valence-corrected chi connectivity index (χ0v) is 13.2. The van der Waals surface area contributed by atoms with Crippen molar-refractivity contribution in [1.29, 1.82) is 0 Å². The predicted octanol–water partition coefficient (Wildman–Crippen LogP) is 3.95. The van der Waals surface area contributed by atoms with E-state index in [9.17, 15) is 0 Å². The first-order valence-corrected chi connectivity index (χ1v) is 8.76. The summed E-state index contributed by atoms with van der Waals surface area (Å²) in [5.41, 5.74) is 0. The molecule has 2 nitrogen and oxygen atoms in total. The molecule has 0 amide bonds. The van der Waals surface area contributed by atoms with Gasteiger partial charge in [0.05, 0.1) is 0 Å². The van der Waals surface area contributed by atoms with E-state index in [2.05, 4.69) is 24.2 Å². The number of hydrogen-bond donors (Lipinski definition) is 1. The molecule has 0 radical (unpaired) electrons. The fourth-order valence-corrected chi connectivity index (χ4v) is 4.00. The van der Waals surface area contributed by atoms with Crippen LogP contribution in [0, 0.1) is 0 Å². The zero-order valence-electron chi connectivity index (χ0n) is 13.2. The van der Waals surface area contributed by atoms with Crippen molar-refractivity contribution in [1.82, 2.24) is 10.2 Å². The van der Waals surface area contributed by atoms with E-state index < -0.39 is 0 Å². The molecule has 0 aromatic rings. The standard InChI is InChI=1S/C17H34N2/c1-3-14-18-15-10-12-17(13-11-15)19(2)16-8-6-4-5-7-9-16/h15-18H,3-14H2,1-2H3. The van der Waals surface area contributed by atoms with Crippen LogP contribution in [0.1, 0.15) is 77.6 Å².